The average Bonchev–Trinajstić information content (AvgIpc) is 3.40. The Hall–Kier alpha value is -3.27. The Morgan fingerprint density at radius 1 is 1.12 bits per heavy atom. The van der Waals surface area contributed by atoms with Gasteiger partial charge in [-0.05, 0) is 42.8 Å². The molecule has 2 bridgehead atoms. The summed E-state index contributed by atoms with van der Waals surface area (Å²) in [5.41, 5.74) is 8.13. The van der Waals surface area contributed by atoms with Gasteiger partial charge in [-0.25, -0.2) is 15.3 Å². The van der Waals surface area contributed by atoms with E-state index in [4.69, 9.17) is 19.3 Å². The van der Waals surface area contributed by atoms with Crippen LogP contribution in [0.1, 0.15) is 12.5 Å². The third kappa shape index (κ3) is 3.35. The summed E-state index contributed by atoms with van der Waals surface area (Å²) in [6.45, 7) is 6.97. The van der Waals surface area contributed by atoms with Gasteiger partial charge >= 0.3 is 5.97 Å². The maximum atomic E-state index is 6.01. The first kappa shape index (κ1) is 19.4. The summed E-state index contributed by atoms with van der Waals surface area (Å²) in [6, 6.07) is 14.5. The van der Waals surface area contributed by atoms with Crippen molar-refractivity contribution in [2.45, 2.75) is 19.4 Å². The number of rotatable bonds is 5. The molecular weight excluding hydrogens is 408 g/mol. The van der Waals surface area contributed by atoms with Crippen LogP contribution in [-0.2, 0) is 16.1 Å². The Morgan fingerprint density at radius 2 is 1.97 bits per heavy atom. The van der Waals surface area contributed by atoms with Gasteiger partial charge in [-0.2, -0.15) is 0 Å². The van der Waals surface area contributed by atoms with Gasteiger partial charge in [0.05, 0.1) is 24.6 Å². The lowest BCUT2D eigenvalue weighted by Crippen LogP contribution is -2.51. The molecule has 4 heterocycles. The van der Waals surface area contributed by atoms with Gasteiger partial charge in [0.15, 0.2) is 6.73 Å². The predicted octanol–water partition coefficient (Wildman–Crippen LogP) is 2.66. The minimum absolute atomic E-state index is 0.480. The highest BCUT2D eigenvalue weighted by molar-refractivity contribution is 5.84. The van der Waals surface area contributed by atoms with Crippen molar-refractivity contribution in [3.63, 3.8) is 0 Å². The van der Waals surface area contributed by atoms with E-state index in [0.717, 1.165) is 67.1 Å². The Bertz CT molecular complexity index is 1080. The van der Waals surface area contributed by atoms with Crippen LogP contribution in [0.4, 0.5) is 17.1 Å². The number of benzene rings is 2. The Labute approximate surface area is 186 Å². The number of morpholine rings is 1. The van der Waals surface area contributed by atoms with E-state index in [0.29, 0.717) is 6.73 Å². The molecule has 1 unspecified atom stereocenters. The Balaban J connectivity index is 1.26. The second kappa shape index (κ2) is 7.70. The molecule has 0 saturated carbocycles. The van der Waals surface area contributed by atoms with E-state index in [1.54, 1.807) is 0 Å². The molecule has 2 aromatic rings. The Morgan fingerprint density at radius 3 is 2.81 bits per heavy atom. The van der Waals surface area contributed by atoms with Gasteiger partial charge in [0.25, 0.3) is 0 Å². The van der Waals surface area contributed by atoms with E-state index in [-0.39, 0.29) is 0 Å². The van der Waals surface area contributed by atoms with Gasteiger partial charge in [0, 0.05) is 37.1 Å². The molecule has 9 nitrogen and oxygen atoms in total. The van der Waals surface area contributed by atoms with Crippen molar-refractivity contribution in [1.29, 1.82) is 0 Å². The van der Waals surface area contributed by atoms with Crippen molar-refractivity contribution in [2.75, 3.05) is 48.6 Å². The number of hydrogen-bond donors (Lipinski definition) is 3. The lowest BCUT2D eigenvalue weighted by molar-refractivity contribution is -0.0214. The molecule has 6 rings (SSSR count). The zero-order valence-corrected chi connectivity index (χ0v) is 17.9. The van der Waals surface area contributed by atoms with Crippen molar-refractivity contribution >= 4 is 23.3 Å². The van der Waals surface area contributed by atoms with Crippen molar-refractivity contribution < 1.29 is 14.3 Å². The summed E-state index contributed by atoms with van der Waals surface area (Å²) in [7, 11) is 0. The molecule has 0 aliphatic carbocycles. The molecule has 0 radical (unpaired) electrons. The fourth-order valence-corrected chi connectivity index (χ4v) is 4.38. The van der Waals surface area contributed by atoms with Crippen LogP contribution in [0.2, 0.25) is 0 Å². The minimum atomic E-state index is -1.12. The number of nitrogens with one attached hydrogen (secondary N) is 3. The van der Waals surface area contributed by atoms with Crippen LogP contribution in [0, 0.1) is 0 Å². The van der Waals surface area contributed by atoms with Crippen LogP contribution in [0.3, 0.4) is 0 Å². The summed E-state index contributed by atoms with van der Waals surface area (Å²) < 4.78 is 11.0. The van der Waals surface area contributed by atoms with Gasteiger partial charge in [-0.1, -0.05) is 12.1 Å². The van der Waals surface area contributed by atoms with Crippen LogP contribution in [0.15, 0.2) is 58.9 Å². The van der Waals surface area contributed by atoms with E-state index < -0.39 is 5.97 Å². The first-order valence-electron chi connectivity index (χ1n) is 10.9. The molecule has 9 heteroatoms. The monoisotopic (exact) mass is 434 g/mol. The first-order chi connectivity index (χ1) is 15.7. The van der Waals surface area contributed by atoms with E-state index in [1.165, 1.54) is 5.56 Å². The number of anilines is 3. The third-order valence-electron chi connectivity index (χ3n) is 6.11. The van der Waals surface area contributed by atoms with Crippen LogP contribution < -0.4 is 25.8 Å². The second-order valence-corrected chi connectivity index (χ2v) is 8.29. The van der Waals surface area contributed by atoms with Gasteiger partial charge in [0.2, 0.25) is 0 Å². The SMILES string of the molecule is CC1=C2NOC(Nc3ccc(CN4CCOCC4)cc3)(N=C1)N2c1ccc2c(c1)NCO2. The standard InChI is InChI=1S/C23H26N6O3/c1-16-13-25-23(26-18-4-2-17(3-5-18)14-28-8-10-30-11-9-28)29(22(16)27-32-23)19-6-7-21-20(12-19)24-15-31-21/h2-7,12-13,24,26-27H,8-11,14-15H2,1H3. The predicted molar refractivity (Wildman–Crippen MR) is 122 cm³/mol. The molecule has 0 amide bonds. The molecule has 4 aliphatic heterocycles. The van der Waals surface area contributed by atoms with Crippen LogP contribution in [-0.4, -0.2) is 50.1 Å². The quantitative estimate of drug-likeness (QED) is 0.663. The van der Waals surface area contributed by atoms with Crippen molar-refractivity contribution in [2.24, 2.45) is 4.99 Å². The number of allylic oxidation sites excluding steroid dienone is 1. The molecule has 32 heavy (non-hydrogen) atoms. The van der Waals surface area contributed by atoms with Crippen LogP contribution in [0.25, 0.3) is 0 Å². The fourth-order valence-electron chi connectivity index (χ4n) is 4.38. The maximum Gasteiger partial charge on any atom is 0.351 e. The molecular formula is C23H26N6O3. The smallest absolute Gasteiger partial charge is 0.351 e. The van der Waals surface area contributed by atoms with Crippen LogP contribution >= 0.6 is 0 Å². The van der Waals surface area contributed by atoms with Gasteiger partial charge < -0.3 is 20.1 Å². The molecule has 1 atom stereocenters. The minimum Gasteiger partial charge on any atom is -0.471 e. The zero-order valence-electron chi connectivity index (χ0n) is 17.9. The third-order valence-corrected chi connectivity index (χ3v) is 6.11. The lowest BCUT2D eigenvalue weighted by atomic mass is 10.1. The number of fused-ring (bicyclic) bond motifs is 3. The van der Waals surface area contributed by atoms with Gasteiger partial charge in [-0.3, -0.25) is 9.80 Å². The summed E-state index contributed by atoms with van der Waals surface area (Å²) in [6.07, 6.45) is 1.83. The van der Waals surface area contributed by atoms with Crippen molar-refractivity contribution in [3.05, 3.63) is 59.4 Å². The van der Waals surface area contributed by atoms with E-state index in [1.807, 2.05) is 30.2 Å². The number of nitrogens with zero attached hydrogens (tertiary/aromatic N) is 3. The highest BCUT2D eigenvalue weighted by Crippen LogP contribution is 2.42. The number of ether oxygens (including phenoxy) is 2. The normalized spacial score (nSPS) is 24.1. The molecule has 4 aliphatic rings. The molecule has 2 aromatic carbocycles. The largest absolute Gasteiger partial charge is 0.471 e. The first-order valence-corrected chi connectivity index (χ1v) is 10.9. The maximum absolute atomic E-state index is 6.01. The lowest BCUT2D eigenvalue weighted by Gasteiger charge is -2.36. The summed E-state index contributed by atoms with van der Waals surface area (Å²) in [4.78, 5) is 15.2. The second-order valence-electron chi connectivity index (χ2n) is 8.29. The molecule has 166 valence electrons. The zero-order chi connectivity index (χ0) is 21.5. The average molecular weight is 435 g/mol. The highest BCUT2D eigenvalue weighted by Gasteiger charge is 2.49. The topological polar surface area (TPSA) is 82.6 Å². The Kier molecular flexibility index (Phi) is 4.67. The molecule has 3 N–H and O–H groups in total. The summed E-state index contributed by atoms with van der Waals surface area (Å²) in [5, 5.41) is 6.72. The van der Waals surface area contributed by atoms with Gasteiger partial charge in [0.1, 0.15) is 11.6 Å². The van der Waals surface area contributed by atoms with E-state index >= 15 is 0 Å². The summed E-state index contributed by atoms with van der Waals surface area (Å²) in [5.74, 6) is 0.586. The molecule has 2 saturated heterocycles. The highest BCUT2D eigenvalue weighted by atomic mass is 16.7. The fraction of sp³-hybridized carbons (Fsp3) is 0.348. The molecule has 0 aromatic heterocycles. The van der Waals surface area contributed by atoms with Crippen molar-refractivity contribution in [3.8, 4) is 5.75 Å². The molecule has 2 fully saturated rings. The summed E-state index contributed by atoms with van der Waals surface area (Å²) >= 11 is 0. The van der Waals surface area contributed by atoms with Crippen LogP contribution in [0.5, 0.6) is 5.75 Å². The number of hydroxylamine groups is 1. The number of hydrogen-bond acceptors (Lipinski definition) is 9. The molecule has 0 spiro atoms. The van der Waals surface area contributed by atoms with Crippen molar-refractivity contribution in [1.82, 2.24) is 10.4 Å². The van der Waals surface area contributed by atoms with E-state index in [9.17, 15) is 0 Å². The van der Waals surface area contributed by atoms with Gasteiger partial charge in [-0.15, -0.1) is 0 Å². The number of aliphatic imine (C=N–C) groups is 1. The van der Waals surface area contributed by atoms with E-state index in [2.05, 4.69) is 51.3 Å².